The molecule has 4 nitrogen and oxygen atoms in total. The van der Waals surface area contributed by atoms with Crippen molar-refractivity contribution in [2.24, 2.45) is 7.05 Å². The van der Waals surface area contributed by atoms with Crippen molar-refractivity contribution in [3.63, 3.8) is 0 Å². The smallest absolute Gasteiger partial charge is 0.176 e. The average molecular weight is 272 g/mol. The van der Waals surface area contributed by atoms with Gasteiger partial charge in [-0.05, 0) is 6.07 Å². The summed E-state index contributed by atoms with van der Waals surface area (Å²) in [6.45, 7) is 0. The van der Waals surface area contributed by atoms with Gasteiger partial charge in [-0.1, -0.05) is 18.2 Å². The van der Waals surface area contributed by atoms with E-state index in [1.807, 2.05) is 37.5 Å². The van der Waals surface area contributed by atoms with E-state index in [1.54, 1.807) is 10.9 Å². The van der Waals surface area contributed by atoms with Gasteiger partial charge in [-0.25, -0.2) is 0 Å². The number of benzene rings is 1. The number of hydrogen-bond acceptors (Lipinski definition) is 4. The molecule has 0 radical (unpaired) electrons. The summed E-state index contributed by atoms with van der Waals surface area (Å²) in [7, 11) is 1.86. The number of aromatic nitrogens is 2. The van der Waals surface area contributed by atoms with Gasteiger partial charge < -0.3 is 4.42 Å². The van der Waals surface area contributed by atoms with E-state index in [9.17, 15) is 4.79 Å². The number of para-hydroxylation sites is 1. The summed E-state index contributed by atoms with van der Waals surface area (Å²) in [5.41, 5.74) is 1.39. The summed E-state index contributed by atoms with van der Waals surface area (Å²) in [4.78, 5) is 13.2. The maximum absolute atomic E-state index is 12.2. The van der Waals surface area contributed by atoms with Gasteiger partial charge in [-0.2, -0.15) is 5.10 Å². The predicted octanol–water partition coefficient (Wildman–Crippen LogP) is 3.14. The molecule has 0 aliphatic carbocycles. The second-order valence-electron chi connectivity index (χ2n) is 4.21. The van der Waals surface area contributed by atoms with Crippen LogP contribution < -0.4 is 0 Å². The van der Waals surface area contributed by atoms with Crippen LogP contribution in [0.4, 0.5) is 0 Å². The molecule has 0 amide bonds. The number of rotatable bonds is 4. The number of carbonyl (C=O) groups excluding carboxylic acids is 1. The molecular formula is C14H12N2O2S. The highest BCUT2D eigenvalue weighted by atomic mass is 32.2. The molecule has 3 aromatic rings. The van der Waals surface area contributed by atoms with Gasteiger partial charge in [0.25, 0.3) is 0 Å². The van der Waals surface area contributed by atoms with Gasteiger partial charge in [-0.15, -0.1) is 11.8 Å². The van der Waals surface area contributed by atoms with Crippen LogP contribution in [0.15, 0.2) is 52.2 Å². The number of carbonyl (C=O) groups is 1. The molecule has 1 aromatic carbocycles. The first kappa shape index (κ1) is 12.0. The molecule has 0 aliphatic rings. The lowest BCUT2D eigenvalue weighted by atomic mass is 10.1. The van der Waals surface area contributed by atoms with Crippen LogP contribution in [0, 0.1) is 0 Å². The Bertz CT molecular complexity index is 730. The zero-order valence-electron chi connectivity index (χ0n) is 10.4. The van der Waals surface area contributed by atoms with Crippen LogP contribution >= 0.6 is 11.8 Å². The van der Waals surface area contributed by atoms with Crippen LogP contribution in [-0.4, -0.2) is 21.3 Å². The fourth-order valence-corrected chi connectivity index (χ4v) is 2.70. The summed E-state index contributed by atoms with van der Waals surface area (Å²) in [5, 5.41) is 4.95. The van der Waals surface area contributed by atoms with Crippen LogP contribution in [0.5, 0.6) is 0 Å². The van der Waals surface area contributed by atoms with E-state index in [1.165, 1.54) is 18.0 Å². The fourth-order valence-electron chi connectivity index (χ4n) is 1.89. The van der Waals surface area contributed by atoms with Crippen LogP contribution in [0.25, 0.3) is 11.0 Å². The van der Waals surface area contributed by atoms with Crippen LogP contribution in [0.3, 0.4) is 0 Å². The molecule has 96 valence electrons. The summed E-state index contributed by atoms with van der Waals surface area (Å²) < 4.78 is 7.10. The third kappa shape index (κ3) is 2.42. The van der Waals surface area contributed by atoms with Gasteiger partial charge >= 0.3 is 0 Å². The van der Waals surface area contributed by atoms with E-state index in [-0.39, 0.29) is 5.78 Å². The molecule has 0 unspecified atom stereocenters. The third-order valence-corrected chi connectivity index (χ3v) is 3.78. The van der Waals surface area contributed by atoms with E-state index in [2.05, 4.69) is 5.10 Å². The molecule has 5 heteroatoms. The monoisotopic (exact) mass is 272 g/mol. The van der Waals surface area contributed by atoms with Crippen LogP contribution in [-0.2, 0) is 7.05 Å². The molecule has 3 rings (SSSR count). The topological polar surface area (TPSA) is 48.0 Å². The van der Waals surface area contributed by atoms with Gasteiger partial charge in [0.05, 0.1) is 17.5 Å². The Morgan fingerprint density at radius 2 is 2.26 bits per heavy atom. The van der Waals surface area contributed by atoms with Gasteiger partial charge in [-0.3, -0.25) is 9.48 Å². The lowest BCUT2D eigenvalue weighted by molar-refractivity contribution is 0.102. The van der Waals surface area contributed by atoms with Crippen molar-refractivity contribution < 1.29 is 9.21 Å². The summed E-state index contributed by atoms with van der Waals surface area (Å²) in [5.74, 6) is 0.452. The molecule has 0 spiro atoms. The SMILES string of the molecule is Cn1cc(SCC(=O)c2coc3ccccc23)cn1. The fraction of sp³-hybridized carbons (Fsp3) is 0.143. The first-order chi connectivity index (χ1) is 9.24. The Kier molecular flexibility index (Phi) is 3.13. The van der Waals surface area contributed by atoms with Crippen LogP contribution in [0.2, 0.25) is 0 Å². The predicted molar refractivity (Wildman–Crippen MR) is 74.5 cm³/mol. The Morgan fingerprint density at radius 1 is 1.42 bits per heavy atom. The summed E-state index contributed by atoms with van der Waals surface area (Å²) >= 11 is 1.48. The molecular weight excluding hydrogens is 260 g/mol. The first-order valence-corrected chi connectivity index (χ1v) is 6.83. The number of Topliss-reactive ketones (excluding diaryl/α,β-unsaturated/α-hetero) is 1. The van der Waals surface area contributed by atoms with Gasteiger partial charge in [0, 0.05) is 23.5 Å². The molecule has 0 bridgehead atoms. The van der Waals surface area contributed by atoms with Crippen molar-refractivity contribution in [1.29, 1.82) is 0 Å². The quantitative estimate of drug-likeness (QED) is 0.541. The number of thioether (sulfide) groups is 1. The zero-order chi connectivity index (χ0) is 13.2. The molecule has 0 fully saturated rings. The molecule has 0 atom stereocenters. The molecule has 2 aromatic heterocycles. The maximum Gasteiger partial charge on any atom is 0.176 e. The summed E-state index contributed by atoms with van der Waals surface area (Å²) in [6.07, 6.45) is 5.19. The zero-order valence-corrected chi connectivity index (χ0v) is 11.2. The Balaban J connectivity index is 1.77. The second kappa shape index (κ2) is 4.93. The largest absolute Gasteiger partial charge is 0.464 e. The summed E-state index contributed by atoms with van der Waals surface area (Å²) in [6, 6.07) is 7.56. The van der Waals surface area contributed by atoms with Crippen molar-refractivity contribution in [3.8, 4) is 0 Å². The number of furan rings is 1. The van der Waals surface area contributed by atoms with E-state index < -0.39 is 0 Å². The second-order valence-corrected chi connectivity index (χ2v) is 5.26. The lowest BCUT2D eigenvalue weighted by Crippen LogP contribution is -2.00. The van der Waals surface area contributed by atoms with Crippen molar-refractivity contribution in [2.75, 3.05) is 5.75 Å². The highest BCUT2D eigenvalue weighted by Gasteiger charge is 2.13. The normalized spacial score (nSPS) is 11.0. The van der Waals surface area contributed by atoms with Crippen molar-refractivity contribution in [3.05, 3.63) is 48.5 Å². The minimum Gasteiger partial charge on any atom is -0.464 e. The third-order valence-electron chi connectivity index (χ3n) is 2.83. The molecule has 19 heavy (non-hydrogen) atoms. The number of ketones is 1. The Hall–Kier alpha value is -2.01. The molecule has 0 saturated carbocycles. The number of nitrogens with zero attached hydrogens (tertiary/aromatic N) is 2. The Morgan fingerprint density at radius 3 is 3.05 bits per heavy atom. The van der Waals surface area contributed by atoms with E-state index in [4.69, 9.17) is 4.42 Å². The molecule has 0 N–H and O–H groups in total. The minimum atomic E-state index is 0.0683. The van der Waals surface area contributed by atoms with Gasteiger partial charge in [0.15, 0.2) is 5.78 Å². The van der Waals surface area contributed by atoms with Crippen molar-refractivity contribution in [2.45, 2.75) is 4.90 Å². The van der Waals surface area contributed by atoms with Gasteiger partial charge in [0.2, 0.25) is 0 Å². The lowest BCUT2D eigenvalue weighted by Gasteiger charge is -1.97. The van der Waals surface area contributed by atoms with Crippen molar-refractivity contribution in [1.82, 2.24) is 9.78 Å². The van der Waals surface area contributed by atoms with E-state index in [0.717, 1.165) is 15.9 Å². The maximum atomic E-state index is 12.2. The van der Waals surface area contributed by atoms with Crippen LogP contribution in [0.1, 0.15) is 10.4 Å². The Labute approximate surface area is 114 Å². The van der Waals surface area contributed by atoms with E-state index in [0.29, 0.717) is 11.3 Å². The molecule has 0 saturated heterocycles. The molecule has 0 aliphatic heterocycles. The standard InChI is InChI=1S/C14H12N2O2S/c1-16-7-10(6-15-16)19-9-13(17)12-8-18-14-5-3-2-4-11(12)14/h2-8H,9H2,1H3. The van der Waals surface area contributed by atoms with Gasteiger partial charge in [0.1, 0.15) is 11.8 Å². The first-order valence-electron chi connectivity index (χ1n) is 5.85. The highest BCUT2D eigenvalue weighted by Crippen LogP contribution is 2.24. The number of fused-ring (bicyclic) bond motifs is 1. The number of hydrogen-bond donors (Lipinski definition) is 0. The van der Waals surface area contributed by atoms with E-state index >= 15 is 0 Å². The van der Waals surface area contributed by atoms with Crippen molar-refractivity contribution >= 4 is 28.5 Å². The number of aryl methyl sites for hydroxylation is 1. The average Bonchev–Trinajstić information content (AvgIpc) is 3.02. The minimum absolute atomic E-state index is 0.0683. The molecule has 2 heterocycles. The highest BCUT2D eigenvalue weighted by molar-refractivity contribution is 8.00.